The van der Waals surface area contributed by atoms with Crippen molar-refractivity contribution in [2.24, 2.45) is 4.99 Å². The van der Waals surface area contributed by atoms with Crippen LogP contribution in [0.5, 0.6) is 0 Å². The summed E-state index contributed by atoms with van der Waals surface area (Å²) in [4.78, 5) is 15.8. The Balaban J connectivity index is 1.32. The number of ether oxygens (including phenoxy) is 2. The molecule has 2 aliphatic rings. The molecule has 1 aromatic carbocycles. The molecule has 136 valence electrons. The van der Waals surface area contributed by atoms with Gasteiger partial charge in [0.1, 0.15) is 18.3 Å². The van der Waals surface area contributed by atoms with Gasteiger partial charge in [-0.15, -0.1) is 0 Å². The fourth-order valence-corrected chi connectivity index (χ4v) is 3.07. The molecular formula is C17H23FN4O3. The van der Waals surface area contributed by atoms with Gasteiger partial charge in [0.05, 0.1) is 13.2 Å². The van der Waals surface area contributed by atoms with E-state index in [1.807, 2.05) is 0 Å². The molecule has 2 fully saturated rings. The van der Waals surface area contributed by atoms with Gasteiger partial charge in [-0.25, -0.2) is 9.18 Å². The fraction of sp³-hybridized carbons (Fsp3) is 0.529. The van der Waals surface area contributed by atoms with Crippen molar-refractivity contribution in [1.82, 2.24) is 10.9 Å². The van der Waals surface area contributed by atoms with E-state index >= 15 is 0 Å². The van der Waals surface area contributed by atoms with E-state index in [-0.39, 0.29) is 17.7 Å². The van der Waals surface area contributed by atoms with E-state index in [0.717, 1.165) is 25.7 Å². The number of hydrogen-bond donors (Lipinski definition) is 3. The minimum Gasteiger partial charge on any atom is -0.347 e. The number of aliphatic imine (C=N–C) groups is 1. The van der Waals surface area contributed by atoms with E-state index in [0.29, 0.717) is 18.8 Å². The Kier molecular flexibility index (Phi) is 5.83. The average Bonchev–Trinajstić information content (AvgIpc) is 2.99. The maximum atomic E-state index is 12.8. The molecule has 0 aromatic heterocycles. The van der Waals surface area contributed by atoms with E-state index < -0.39 is 6.03 Å². The van der Waals surface area contributed by atoms with Gasteiger partial charge in [0, 0.05) is 18.5 Å². The van der Waals surface area contributed by atoms with Crippen molar-refractivity contribution >= 4 is 18.1 Å². The van der Waals surface area contributed by atoms with E-state index in [1.165, 1.54) is 37.0 Å². The molecule has 1 heterocycles. The van der Waals surface area contributed by atoms with Gasteiger partial charge in [-0.1, -0.05) is 6.42 Å². The van der Waals surface area contributed by atoms with Crippen molar-refractivity contribution in [1.29, 1.82) is 0 Å². The quantitative estimate of drug-likeness (QED) is 0.433. The summed E-state index contributed by atoms with van der Waals surface area (Å²) in [5.41, 5.74) is 5.49. The van der Waals surface area contributed by atoms with E-state index in [4.69, 9.17) is 9.47 Å². The van der Waals surface area contributed by atoms with Crippen molar-refractivity contribution in [3.8, 4) is 0 Å². The smallest absolute Gasteiger partial charge is 0.337 e. The largest absolute Gasteiger partial charge is 0.347 e. The molecule has 1 unspecified atom stereocenters. The van der Waals surface area contributed by atoms with Crippen LogP contribution in [-0.4, -0.2) is 37.4 Å². The molecule has 8 heteroatoms. The molecule has 25 heavy (non-hydrogen) atoms. The molecule has 7 nitrogen and oxygen atoms in total. The third-order valence-corrected chi connectivity index (χ3v) is 4.28. The van der Waals surface area contributed by atoms with Gasteiger partial charge in [0.2, 0.25) is 0 Å². The summed E-state index contributed by atoms with van der Waals surface area (Å²) >= 11 is 0. The van der Waals surface area contributed by atoms with Crippen LogP contribution in [-0.2, 0) is 9.47 Å². The Hall–Kier alpha value is -2.19. The molecule has 3 rings (SSSR count). The minimum absolute atomic E-state index is 0.0517. The monoisotopic (exact) mass is 350 g/mol. The second-order valence-electron chi connectivity index (χ2n) is 6.25. The SMILES string of the molecule is O=C(NNC=NCC1COC2(CCCCC2)O1)Nc1ccc(F)cc1. The predicted molar refractivity (Wildman–Crippen MR) is 91.7 cm³/mol. The number of hydrogen-bond acceptors (Lipinski definition) is 4. The van der Waals surface area contributed by atoms with E-state index in [1.54, 1.807) is 0 Å². The van der Waals surface area contributed by atoms with Crippen LogP contribution in [0.1, 0.15) is 32.1 Å². The normalized spacial score (nSPS) is 22.2. The van der Waals surface area contributed by atoms with Crippen LogP contribution in [0.25, 0.3) is 0 Å². The van der Waals surface area contributed by atoms with Crippen molar-refractivity contribution in [2.75, 3.05) is 18.5 Å². The zero-order valence-electron chi connectivity index (χ0n) is 14.0. The Morgan fingerprint density at radius 2 is 2.04 bits per heavy atom. The third-order valence-electron chi connectivity index (χ3n) is 4.28. The van der Waals surface area contributed by atoms with Crippen LogP contribution in [0.2, 0.25) is 0 Å². The number of urea groups is 1. The first-order valence-corrected chi connectivity index (χ1v) is 8.53. The topological polar surface area (TPSA) is 84.0 Å². The first kappa shape index (κ1) is 17.6. The lowest BCUT2D eigenvalue weighted by atomic mass is 9.94. The summed E-state index contributed by atoms with van der Waals surface area (Å²) in [5.74, 6) is -0.747. The van der Waals surface area contributed by atoms with Crippen LogP contribution in [0, 0.1) is 5.82 Å². The standard InChI is InChI=1S/C17H23FN4O3/c18-13-4-6-14(7-5-13)21-16(23)22-20-12-19-10-15-11-24-17(25-15)8-2-1-3-9-17/h4-7,12,15H,1-3,8-11H2,(H,19,20)(H2,21,22,23). The van der Waals surface area contributed by atoms with E-state index in [2.05, 4.69) is 21.2 Å². The van der Waals surface area contributed by atoms with Crippen molar-refractivity contribution < 1.29 is 18.7 Å². The van der Waals surface area contributed by atoms with Gasteiger partial charge in [0.15, 0.2) is 5.79 Å². The van der Waals surface area contributed by atoms with Gasteiger partial charge in [0.25, 0.3) is 0 Å². The predicted octanol–water partition coefficient (Wildman–Crippen LogP) is 2.56. The first-order chi connectivity index (χ1) is 12.2. The van der Waals surface area contributed by atoms with Gasteiger partial charge in [-0.2, -0.15) is 0 Å². The van der Waals surface area contributed by atoms with Crippen LogP contribution >= 0.6 is 0 Å². The highest BCUT2D eigenvalue weighted by Gasteiger charge is 2.41. The first-order valence-electron chi connectivity index (χ1n) is 8.53. The van der Waals surface area contributed by atoms with Crippen LogP contribution < -0.4 is 16.2 Å². The highest BCUT2D eigenvalue weighted by atomic mass is 19.1. The molecule has 1 atom stereocenters. The van der Waals surface area contributed by atoms with Gasteiger partial charge in [-0.3, -0.25) is 15.8 Å². The average molecular weight is 350 g/mol. The summed E-state index contributed by atoms with van der Waals surface area (Å²) in [6.45, 7) is 1.02. The lowest BCUT2D eigenvalue weighted by Gasteiger charge is -2.31. The zero-order chi connectivity index (χ0) is 17.5. The van der Waals surface area contributed by atoms with Gasteiger partial charge in [-0.05, 0) is 37.1 Å². The molecule has 1 saturated heterocycles. The summed E-state index contributed by atoms with van der Waals surface area (Å²) in [5, 5.41) is 2.55. The number of benzene rings is 1. The van der Waals surface area contributed by atoms with Gasteiger partial charge < -0.3 is 14.8 Å². The number of hydrazine groups is 1. The van der Waals surface area contributed by atoms with Crippen LogP contribution in [0.15, 0.2) is 29.3 Å². The second kappa shape index (κ2) is 8.26. The highest BCUT2D eigenvalue weighted by molar-refractivity contribution is 5.89. The van der Waals surface area contributed by atoms with Crippen molar-refractivity contribution in [3.05, 3.63) is 30.1 Å². The lowest BCUT2D eigenvalue weighted by molar-refractivity contribution is -0.186. The molecule has 1 spiro atoms. The minimum atomic E-state index is -0.473. The lowest BCUT2D eigenvalue weighted by Crippen LogP contribution is -2.39. The number of amides is 2. The molecule has 1 aromatic rings. The summed E-state index contributed by atoms with van der Waals surface area (Å²) in [7, 11) is 0. The van der Waals surface area contributed by atoms with Crippen molar-refractivity contribution in [3.63, 3.8) is 0 Å². The summed E-state index contributed by atoms with van der Waals surface area (Å²) in [6, 6.07) is 5.02. The molecular weight excluding hydrogens is 327 g/mol. The Morgan fingerprint density at radius 3 is 2.80 bits per heavy atom. The maximum Gasteiger partial charge on any atom is 0.337 e. The maximum absolute atomic E-state index is 12.8. The number of carbonyl (C=O) groups is 1. The zero-order valence-corrected chi connectivity index (χ0v) is 14.0. The third kappa shape index (κ3) is 5.14. The number of nitrogens with zero attached hydrogens (tertiary/aromatic N) is 1. The highest BCUT2D eigenvalue weighted by Crippen LogP contribution is 2.37. The molecule has 2 amide bonds. The van der Waals surface area contributed by atoms with Crippen molar-refractivity contribution in [2.45, 2.75) is 44.0 Å². The summed E-state index contributed by atoms with van der Waals surface area (Å²) < 4.78 is 24.6. The molecule has 3 N–H and O–H groups in total. The number of carbonyl (C=O) groups excluding carboxylic acids is 1. The Morgan fingerprint density at radius 1 is 1.28 bits per heavy atom. The molecule has 0 radical (unpaired) electrons. The number of nitrogens with one attached hydrogen (secondary N) is 3. The fourth-order valence-electron chi connectivity index (χ4n) is 3.07. The van der Waals surface area contributed by atoms with E-state index in [9.17, 15) is 9.18 Å². The second-order valence-corrected chi connectivity index (χ2v) is 6.25. The molecule has 1 saturated carbocycles. The number of halogens is 1. The number of rotatable bonds is 5. The Labute approximate surface area is 146 Å². The molecule has 1 aliphatic heterocycles. The molecule has 0 bridgehead atoms. The summed E-state index contributed by atoms with van der Waals surface area (Å²) in [6.07, 6.45) is 6.79. The Bertz CT molecular complexity index is 602. The van der Waals surface area contributed by atoms with Gasteiger partial charge >= 0.3 is 6.03 Å². The van der Waals surface area contributed by atoms with Crippen LogP contribution in [0.4, 0.5) is 14.9 Å². The number of anilines is 1. The molecule has 1 aliphatic carbocycles. The van der Waals surface area contributed by atoms with Crippen LogP contribution in [0.3, 0.4) is 0 Å².